The summed E-state index contributed by atoms with van der Waals surface area (Å²) in [4.78, 5) is 18.1. The average Bonchev–Trinajstić information content (AvgIpc) is 2.98. The summed E-state index contributed by atoms with van der Waals surface area (Å²) in [5.41, 5.74) is 6.15. The first kappa shape index (κ1) is 16.8. The highest BCUT2D eigenvalue weighted by Gasteiger charge is 2.13. The number of rotatable bonds is 5. The van der Waals surface area contributed by atoms with Gasteiger partial charge in [0.1, 0.15) is 22.9 Å². The minimum atomic E-state index is -3.37. The molecule has 0 aliphatic heterocycles. The van der Waals surface area contributed by atoms with E-state index in [1.807, 2.05) is 0 Å². The molecule has 0 radical (unpaired) electrons. The van der Waals surface area contributed by atoms with E-state index in [1.165, 1.54) is 25.4 Å². The van der Waals surface area contributed by atoms with Gasteiger partial charge in [-0.15, -0.1) is 0 Å². The van der Waals surface area contributed by atoms with Crippen LogP contribution in [0, 0.1) is 0 Å². The van der Waals surface area contributed by atoms with Crippen molar-refractivity contribution in [1.82, 2.24) is 9.97 Å². The third-order valence-corrected chi connectivity index (χ3v) is 4.48. The van der Waals surface area contributed by atoms with Crippen molar-refractivity contribution >= 4 is 26.6 Å². The molecule has 3 aromatic rings. The second-order valence-electron chi connectivity index (χ2n) is 5.34. The summed E-state index contributed by atoms with van der Waals surface area (Å²) in [6.45, 7) is 0. The van der Waals surface area contributed by atoms with E-state index in [4.69, 9.17) is 15.2 Å². The van der Waals surface area contributed by atoms with Gasteiger partial charge in [0.25, 0.3) is 5.91 Å². The van der Waals surface area contributed by atoms with Crippen LogP contribution in [0.2, 0.25) is 0 Å². The number of pyridine rings is 1. The Balaban J connectivity index is 1.97. The van der Waals surface area contributed by atoms with E-state index in [9.17, 15) is 13.2 Å². The Morgan fingerprint density at radius 2 is 1.96 bits per heavy atom. The summed E-state index contributed by atoms with van der Waals surface area (Å²) in [6.07, 6.45) is 2.40. The van der Waals surface area contributed by atoms with Gasteiger partial charge in [-0.05, 0) is 24.3 Å². The number of benzene rings is 1. The lowest BCUT2D eigenvalue weighted by molar-refractivity contribution is 0.0996. The Hall–Kier alpha value is -3.07. The highest BCUT2D eigenvalue weighted by Crippen LogP contribution is 2.33. The van der Waals surface area contributed by atoms with Gasteiger partial charge in [0.05, 0.1) is 18.8 Å². The van der Waals surface area contributed by atoms with Crippen molar-refractivity contribution in [2.24, 2.45) is 5.73 Å². The summed E-state index contributed by atoms with van der Waals surface area (Å²) < 4.78 is 33.9. The van der Waals surface area contributed by atoms with Crippen LogP contribution in [0.3, 0.4) is 0 Å². The minimum Gasteiger partial charge on any atom is -0.494 e. The van der Waals surface area contributed by atoms with E-state index in [-0.39, 0.29) is 10.7 Å². The van der Waals surface area contributed by atoms with E-state index in [2.05, 4.69) is 9.97 Å². The van der Waals surface area contributed by atoms with Crippen LogP contribution < -0.4 is 15.2 Å². The van der Waals surface area contributed by atoms with Crippen LogP contribution in [0.1, 0.15) is 10.5 Å². The lowest BCUT2D eigenvalue weighted by atomic mass is 10.2. The summed E-state index contributed by atoms with van der Waals surface area (Å²) in [6, 6.07) is 7.80. The van der Waals surface area contributed by atoms with Gasteiger partial charge in [-0.25, -0.2) is 13.4 Å². The Kier molecular flexibility index (Phi) is 4.09. The van der Waals surface area contributed by atoms with E-state index in [1.54, 1.807) is 18.2 Å². The number of aromatic nitrogens is 2. The number of nitrogens with two attached hydrogens (primary N) is 1. The van der Waals surface area contributed by atoms with E-state index < -0.39 is 15.7 Å². The SMILES string of the molecule is COc1cc(Oc2ccc(S(C)(=O)=O)nc2)cc2cc(C(N)=O)[nH]c12. The minimum absolute atomic E-state index is 0.0374. The van der Waals surface area contributed by atoms with Crippen LogP contribution in [0.4, 0.5) is 0 Å². The van der Waals surface area contributed by atoms with Crippen molar-refractivity contribution in [3.8, 4) is 17.2 Å². The molecular formula is C16H15N3O5S. The largest absolute Gasteiger partial charge is 0.494 e. The summed E-state index contributed by atoms with van der Waals surface area (Å²) >= 11 is 0. The first-order valence-electron chi connectivity index (χ1n) is 7.12. The summed E-state index contributed by atoms with van der Waals surface area (Å²) in [5, 5.41) is 0.647. The Bertz CT molecular complexity index is 1060. The lowest BCUT2D eigenvalue weighted by Crippen LogP contribution is -2.10. The van der Waals surface area contributed by atoms with E-state index in [0.29, 0.717) is 28.2 Å². The number of carbonyl (C=O) groups is 1. The van der Waals surface area contributed by atoms with Gasteiger partial charge < -0.3 is 20.2 Å². The van der Waals surface area contributed by atoms with Crippen molar-refractivity contribution in [3.05, 3.63) is 42.2 Å². The molecule has 9 heteroatoms. The molecule has 2 heterocycles. The molecule has 0 unspecified atom stereocenters. The fourth-order valence-electron chi connectivity index (χ4n) is 2.32. The molecule has 25 heavy (non-hydrogen) atoms. The maximum Gasteiger partial charge on any atom is 0.265 e. The van der Waals surface area contributed by atoms with E-state index >= 15 is 0 Å². The molecule has 1 amide bonds. The average molecular weight is 361 g/mol. The molecule has 0 saturated carbocycles. The number of primary amides is 1. The number of sulfone groups is 1. The van der Waals surface area contributed by atoms with Gasteiger partial charge in [-0.1, -0.05) is 0 Å². The van der Waals surface area contributed by atoms with Crippen LogP contribution in [-0.2, 0) is 9.84 Å². The summed E-state index contributed by atoms with van der Waals surface area (Å²) in [7, 11) is -1.88. The molecule has 2 aromatic heterocycles. The van der Waals surface area contributed by atoms with Crippen LogP contribution in [-0.4, -0.2) is 37.7 Å². The molecular weight excluding hydrogens is 346 g/mol. The van der Waals surface area contributed by atoms with Gasteiger partial charge in [-0.2, -0.15) is 0 Å². The second-order valence-corrected chi connectivity index (χ2v) is 7.31. The molecule has 0 spiro atoms. The fourth-order valence-corrected chi connectivity index (χ4v) is 2.88. The number of amides is 1. The predicted octanol–water partition coefficient (Wildman–Crippen LogP) is 1.87. The Labute approximate surface area is 143 Å². The molecule has 3 rings (SSSR count). The first-order chi connectivity index (χ1) is 11.8. The third kappa shape index (κ3) is 3.41. The topological polar surface area (TPSA) is 124 Å². The lowest BCUT2D eigenvalue weighted by Gasteiger charge is -2.09. The number of hydrogen-bond acceptors (Lipinski definition) is 6. The molecule has 0 fully saturated rings. The van der Waals surface area contributed by atoms with Crippen molar-refractivity contribution in [2.75, 3.05) is 13.4 Å². The zero-order valence-corrected chi connectivity index (χ0v) is 14.3. The molecule has 130 valence electrons. The van der Waals surface area contributed by atoms with Crippen molar-refractivity contribution < 1.29 is 22.7 Å². The molecule has 3 N–H and O–H groups in total. The molecule has 0 saturated heterocycles. The van der Waals surface area contributed by atoms with Gasteiger partial charge in [0.2, 0.25) is 0 Å². The van der Waals surface area contributed by atoms with Crippen LogP contribution in [0.5, 0.6) is 17.2 Å². The van der Waals surface area contributed by atoms with Crippen LogP contribution in [0.25, 0.3) is 10.9 Å². The van der Waals surface area contributed by atoms with Gasteiger partial charge >= 0.3 is 0 Å². The highest BCUT2D eigenvalue weighted by atomic mass is 32.2. The maximum atomic E-state index is 11.4. The number of fused-ring (bicyclic) bond motifs is 1. The quantitative estimate of drug-likeness (QED) is 0.715. The molecule has 8 nitrogen and oxygen atoms in total. The molecule has 0 aliphatic rings. The molecule has 1 aromatic carbocycles. The van der Waals surface area contributed by atoms with Crippen LogP contribution >= 0.6 is 0 Å². The van der Waals surface area contributed by atoms with Gasteiger partial charge in [0.15, 0.2) is 14.9 Å². The number of H-pyrrole nitrogens is 1. The number of hydrogen-bond donors (Lipinski definition) is 2. The maximum absolute atomic E-state index is 11.4. The number of ether oxygens (including phenoxy) is 2. The molecule has 0 bridgehead atoms. The number of nitrogens with one attached hydrogen (secondary N) is 1. The third-order valence-electron chi connectivity index (χ3n) is 3.48. The highest BCUT2D eigenvalue weighted by molar-refractivity contribution is 7.90. The zero-order chi connectivity index (χ0) is 18.2. The monoisotopic (exact) mass is 361 g/mol. The van der Waals surface area contributed by atoms with Crippen molar-refractivity contribution in [3.63, 3.8) is 0 Å². The molecule has 0 aliphatic carbocycles. The first-order valence-corrected chi connectivity index (χ1v) is 9.01. The number of nitrogens with zero attached hydrogens (tertiary/aromatic N) is 1. The standard InChI is InChI=1S/C16H15N3O5S/c1-23-13-7-11(5-9-6-12(16(17)20)19-15(9)13)24-10-3-4-14(18-8-10)25(2,21)22/h3-8,19H,1-2H3,(H2,17,20). The molecule has 0 atom stereocenters. The fraction of sp³-hybridized carbons (Fsp3) is 0.125. The number of methoxy groups -OCH3 is 1. The van der Waals surface area contributed by atoms with E-state index in [0.717, 1.165) is 6.26 Å². The smallest absolute Gasteiger partial charge is 0.265 e. The number of carbonyl (C=O) groups excluding carboxylic acids is 1. The van der Waals surface area contributed by atoms with Gasteiger partial charge in [-0.3, -0.25) is 4.79 Å². The second kappa shape index (κ2) is 6.10. The normalized spacial score (nSPS) is 11.4. The van der Waals surface area contributed by atoms with Crippen LogP contribution in [0.15, 0.2) is 41.6 Å². The predicted molar refractivity (Wildman–Crippen MR) is 90.8 cm³/mol. The Morgan fingerprint density at radius 3 is 2.52 bits per heavy atom. The Morgan fingerprint density at radius 1 is 1.20 bits per heavy atom. The van der Waals surface area contributed by atoms with Crippen molar-refractivity contribution in [1.29, 1.82) is 0 Å². The number of aromatic amines is 1. The van der Waals surface area contributed by atoms with Gasteiger partial charge in [0, 0.05) is 17.7 Å². The zero-order valence-electron chi connectivity index (χ0n) is 13.4. The van der Waals surface area contributed by atoms with Crippen molar-refractivity contribution in [2.45, 2.75) is 5.03 Å². The summed E-state index contributed by atoms with van der Waals surface area (Å²) in [5.74, 6) is 0.690.